The van der Waals surface area contributed by atoms with Gasteiger partial charge in [0, 0.05) is 37.4 Å². The maximum atomic E-state index is 11.9. The van der Waals surface area contributed by atoms with Crippen LogP contribution >= 0.6 is 11.3 Å². The molecule has 0 aliphatic carbocycles. The molecule has 1 atom stereocenters. The Morgan fingerprint density at radius 1 is 1.53 bits per heavy atom. The highest BCUT2D eigenvalue weighted by Crippen LogP contribution is 2.21. The molecule has 2 rings (SSSR count). The second-order valence-corrected chi connectivity index (χ2v) is 5.78. The molecular weight excluding hydrogens is 262 g/mol. The van der Waals surface area contributed by atoms with Crippen LogP contribution in [0.1, 0.15) is 24.3 Å². The van der Waals surface area contributed by atoms with Gasteiger partial charge in [0.15, 0.2) is 0 Å². The third kappa shape index (κ3) is 4.33. The van der Waals surface area contributed by atoms with Crippen molar-refractivity contribution in [2.75, 3.05) is 19.6 Å². The highest BCUT2D eigenvalue weighted by molar-refractivity contribution is 7.10. The lowest BCUT2D eigenvalue weighted by Crippen LogP contribution is -2.48. The third-order valence-electron chi connectivity index (χ3n) is 3.11. The Morgan fingerprint density at radius 3 is 2.84 bits per heavy atom. The Balaban J connectivity index is 1.84. The second-order valence-electron chi connectivity index (χ2n) is 4.80. The molecule has 2 heterocycles. The fraction of sp³-hybridized carbons (Fsp3) is 0.538. The Labute approximate surface area is 116 Å². The van der Waals surface area contributed by atoms with Gasteiger partial charge in [0.25, 0.3) is 0 Å². The lowest BCUT2D eigenvalue weighted by atomic mass is 10.0. The lowest BCUT2D eigenvalue weighted by molar-refractivity contribution is -0.123. The zero-order valence-electron chi connectivity index (χ0n) is 10.9. The monoisotopic (exact) mass is 281 g/mol. The van der Waals surface area contributed by atoms with E-state index in [1.54, 1.807) is 11.3 Å². The van der Waals surface area contributed by atoms with Gasteiger partial charge in [-0.15, -0.1) is 11.3 Å². The van der Waals surface area contributed by atoms with Gasteiger partial charge in [-0.2, -0.15) is 0 Å². The van der Waals surface area contributed by atoms with E-state index in [-0.39, 0.29) is 17.9 Å². The number of hydrogen-bond acceptors (Lipinski definition) is 4. The number of rotatable bonds is 6. The Bertz CT molecular complexity index is 429. The predicted octanol–water partition coefficient (Wildman–Crippen LogP) is 0.651. The molecule has 1 saturated heterocycles. The molecule has 19 heavy (non-hydrogen) atoms. The van der Waals surface area contributed by atoms with Gasteiger partial charge in [-0.1, -0.05) is 6.07 Å². The molecule has 0 radical (unpaired) electrons. The number of nitrogens with one attached hydrogen (secondary N) is 3. The summed E-state index contributed by atoms with van der Waals surface area (Å²) in [7, 11) is 0. The molecule has 0 aromatic carbocycles. The minimum Gasteiger partial charge on any atom is -0.356 e. The van der Waals surface area contributed by atoms with E-state index >= 15 is 0 Å². The fourth-order valence-corrected chi connectivity index (χ4v) is 2.74. The summed E-state index contributed by atoms with van der Waals surface area (Å²) < 4.78 is 0. The summed E-state index contributed by atoms with van der Waals surface area (Å²) >= 11 is 1.55. The molecule has 1 fully saturated rings. The molecule has 104 valence electrons. The van der Waals surface area contributed by atoms with Crippen LogP contribution in [0, 0.1) is 5.92 Å². The summed E-state index contributed by atoms with van der Waals surface area (Å²) in [5.41, 5.74) is 0. The Kier molecular flexibility index (Phi) is 4.93. The normalized spacial score (nSPS) is 16.5. The third-order valence-corrected chi connectivity index (χ3v) is 4.09. The highest BCUT2D eigenvalue weighted by atomic mass is 32.1. The minimum atomic E-state index is -0.225. The summed E-state index contributed by atoms with van der Waals surface area (Å²) in [5, 5.41) is 10.9. The summed E-state index contributed by atoms with van der Waals surface area (Å²) in [5.74, 6) is 0.415. The van der Waals surface area contributed by atoms with Crippen LogP contribution in [0.25, 0.3) is 0 Å². The number of amides is 2. The van der Waals surface area contributed by atoms with Crippen molar-refractivity contribution in [3.63, 3.8) is 0 Å². The minimum absolute atomic E-state index is 0.0148. The summed E-state index contributed by atoms with van der Waals surface area (Å²) in [6.45, 7) is 4.13. The molecule has 0 saturated carbocycles. The summed E-state index contributed by atoms with van der Waals surface area (Å²) in [6, 6.07) is 3.64. The van der Waals surface area contributed by atoms with Crippen LogP contribution in [0.3, 0.4) is 0 Å². The first-order valence-electron chi connectivity index (χ1n) is 6.43. The van der Waals surface area contributed by atoms with Crippen LogP contribution in [-0.2, 0) is 9.59 Å². The molecule has 1 aliphatic rings. The van der Waals surface area contributed by atoms with Crippen molar-refractivity contribution in [3.05, 3.63) is 22.4 Å². The first-order valence-corrected chi connectivity index (χ1v) is 7.31. The van der Waals surface area contributed by atoms with Crippen LogP contribution < -0.4 is 16.0 Å². The molecule has 2 amide bonds. The lowest BCUT2D eigenvalue weighted by Gasteiger charge is -2.27. The van der Waals surface area contributed by atoms with Crippen LogP contribution in [0.5, 0.6) is 0 Å². The van der Waals surface area contributed by atoms with E-state index < -0.39 is 0 Å². The number of carbonyl (C=O) groups is 2. The van der Waals surface area contributed by atoms with E-state index in [2.05, 4.69) is 16.0 Å². The van der Waals surface area contributed by atoms with Gasteiger partial charge >= 0.3 is 0 Å². The number of thiophene rings is 1. The Hall–Kier alpha value is -1.40. The topological polar surface area (TPSA) is 70.2 Å². The van der Waals surface area contributed by atoms with E-state index in [1.807, 2.05) is 17.5 Å². The molecule has 1 unspecified atom stereocenters. The fourth-order valence-electron chi connectivity index (χ4n) is 1.97. The van der Waals surface area contributed by atoms with Crippen molar-refractivity contribution in [3.8, 4) is 0 Å². The van der Waals surface area contributed by atoms with E-state index in [4.69, 9.17) is 0 Å². The predicted molar refractivity (Wildman–Crippen MR) is 74.9 cm³/mol. The second kappa shape index (κ2) is 6.68. The summed E-state index contributed by atoms with van der Waals surface area (Å²) in [4.78, 5) is 24.1. The van der Waals surface area contributed by atoms with Crippen LogP contribution in [0.15, 0.2) is 17.5 Å². The van der Waals surface area contributed by atoms with Crippen molar-refractivity contribution < 1.29 is 9.59 Å². The molecule has 5 nitrogen and oxygen atoms in total. The number of hydrogen-bond donors (Lipinski definition) is 3. The number of carbonyl (C=O) groups excluding carboxylic acids is 2. The largest absolute Gasteiger partial charge is 0.356 e. The quantitative estimate of drug-likeness (QED) is 0.717. The first-order chi connectivity index (χ1) is 9.15. The van der Waals surface area contributed by atoms with Gasteiger partial charge < -0.3 is 16.0 Å². The maximum Gasteiger partial charge on any atom is 0.222 e. The van der Waals surface area contributed by atoms with Gasteiger partial charge in [0.1, 0.15) is 0 Å². The summed E-state index contributed by atoms with van der Waals surface area (Å²) in [6.07, 6.45) is 0.292. The molecule has 1 aromatic rings. The van der Waals surface area contributed by atoms with E-state index in [0.717, 1.165) is 18.0 Å². The van der Waals surface area contributed by atoms with Gasteiger partial charge in [-0.3, -0.25) is 9.59 Å². The van der Waals surface area contributed by atoms with Crippen molar-refractivity contribution in [1.29, 1.82) is 0 Å². The highest BCUT2D eigenvalue weighted by Gasteiger charge is 2.20. The van der Waals surface area contributed by atoms with Gasteiger partial charge in [0.05, 0.1) is 12.5 Å². The molecule has 1 aromatic heterocycles. The van der Waals surface area contributed by atoms with Crippen LogP contribution in [0.2, 0.25) is 0 Å². The first kappa shape index (κ1) is 14.0. The van der Waals surface area contributed by atoms with Crippen LogP contribution in [-0.4, -0.2) is 31.4 Å². The van der Waals surface area contributed by atoms with Crippen LogP contribution in [0.4, 0.5) is 0 Å². The molecule has 0 spiro atoms. The van der Waals surface area contributed by atoms with Crippen molar-refractivity contribution in [2.24, 2.45) is 5.92 Å². The van der Waals surface area contributed by atoms with Crippen molar-refractivity contribution >= 4 is 23.2 Å². The van der Waals surface area contributed by atoms with E-state index in [9.17, 15) is 9.59 Å². The SMILES string of the molecule is CC(=O)NC(CC(=O)NCC1CNC1)c1cccs1. The van der Waals surface area contributed by atoms with Crippen molar-refractivity contribution in [2.45, 2.75) is 19.4 Å². The van der Waals surface area contributed by atoms with E-state index in [1.165, 1.54) is 6.92 Å². The van der Waals surface area contributed by atoms with Gasteiger partial charge in [-0.05, 0) is 11.4 Å². The molecular formula is C13H19N3O2S. The molecule has 0 bridgehead atoms. The zero-order chi connectivity index (χ0) is 13.7. The smallest absolute Gasteiger partial charge is 0.222 e. The zero-order valence-corrected chi connectivity index (χ0v) is 11.8. The van der Waals surface area contributed by atoms with Gasteiger partial charge in [0.2, 0.25) is 11.8 Å². The van der Waals surface area contributed by atoms with Gasteiger partial charge in [-0.25, -0.2) is 0 Å². The molecule has 3 N–H and O–H groups in total. The maximum absolute atomic E-state index is 11.9. The Morgan fingerprint density at radius 2 is 2.32 bits per heavy atom. The van der Waals surface area contributed by atoms with E-state index in [0.29, 0.717) is 18.9 Å². The average molecular weight is 281 g/mol. The standard InChI is InChI=1S/C13H19N3O2S/c1-9(17)16-11(12-3-2-4-19-12)5-13(18)15-8-10-6-14-7-10/h2-4,10-11,14H,5-8H2,1H3,(H,15,18)(H,16,17). The molecule has 6 heteroatoms. The molecule has 1 aliphatic heterocycles. The average Bonchev–Trinajstić information content (AvgIpc) is 2.78. The van der Waals surface area contributed by atoms with Crippen molar-refractivity contribution in [1.82, 2.24) is 16.0 Å².